The molecule has 0 radical (unpaired) electrons. The van der Waals surface area contributed by atoms with Crippen LogP contribution in [0.1, 0.15) is 18.7 Å². The molecule has 2 rings (SSSR count). The van der Waals surface area contributed by atoms with Crippen LogP contribution in [0.15, 0.2) is 46.5 Å². The zero-order valence-electron chi connectivity index (χ0n) is 10.5. The normalized spacial score (nSPS) is 12.1. The van der Waals surface area contributed by atoms with Crippen molar-refractivity contribution in [3.63, 3.8) is 0 Å². The van der Waals surface area contributed by atoms with Crippen LogP contribution in [0.4, 0.5) is 5.69 Å². The lowest BCUT2D eigenvalue weighted by molar-refractivity contribution is 0.490. The van der Waals surface area contributed by atoms with Crippen molar-refractivity contribution in [1.82, 2.24) is 9.78 Å². The number of hydrogen-bond donors (Lipinski definition) is 1. The van der Waals surface area contributed by atoms with Gasteiger partial charge in [0, 0.05) is 0 Å². The Bertz CT molecular complexity index is 619. The predicted octanol–water partition coefficient (Wildman–Crippen LogP) is 2.85. The predicted molar refractivity (Wildman–Crippen MR) is 74.4 cm³/mol. The molecule has 0 aromatic carbocycles. The highest BCUT2D eigenvalue weighted by atomic mass is 35.5. The number of halogens is 1. The van der Waals surface area contributed by atoms with Crippen LogP contribution in [0, 0.1) is 0 Å². The van der Waals surface area contributed by atoms with E-state index in [1.165, 1.54) is 10.9 Å². The largest absolute Gasteiger partial charge is 0.467 e. The number of allylic oxidation sites excluding steroid dienone is 1. The molecule has 1 unspecified atom stereocenters. The summed E-state index contributed by atoms with van der Waals surface area (Å²) in [6, 6.07) is 3.54. The van der Waals surface area contributed by atoms with Gasteiger partial charge in [-0.3, -0.25) is 4.79 Å². The number of anilines is 1. The molecular weight excluding hydrogens is 266 g/mol. The lowest BCUT2D eigenvalue weighted by Gasteiger charge is -2.14. The summed E-state index contributed by atoms with van der Waals surface area (Å²) in [7, 11) is 0. The third-order valence-corrected chi connectivity index (χ3v) is 2.99. The third-order valence-electron chi connectivity index (χ3n) is 2.63. The van der Waals surface area contributed by atoms with Gasteiger partial charge >= 0.3 is 0 Å². The molecule has 100 valence electrons. The molecule has 2 aromatic heterocycles. The lowest BCUT2D eigenvalue weighted by Crippen LogP contribution is -2.24. The molecule has 0 amide bonds. The SMILES string of the molecule is C=CCn1ncc(NC(C)c2ccco2)c(Cl)c1=O. The molecule has 0 aliphatic rings. The zero-order chi connectivity index (χ0) is 13.8. The van der Waals surface area contributed by atoms with Gasteiger partial charge in [-0.25, -0.2) is 4.68 Å². The summed E-state index contributed by atoms with van der Waals surface area (Å²) in [4.78, 5) is 11.9. The lowest BCUT2D eigenvalue weighted by atomic mass is 10.2. The van der Waals surface area contributed by atoms with E-state index in [0.717, 1.165) is 5.76 Å². The zero-order valence-corrected chi connectivity index (χ0v) is 11.2. The molecule has 19 heavy (non-hydrogen) atoms. The first-order valence-corrected chi connectivity index (χ1v) is 6.17. The van der Waals surface area contributed by atoms with Crippen molar-refractivity contribution in [3.8, 4) is 0 Å². The molecule has 1 atom stereocenters. The first-order chi connectivity index (χ1) is 9.13. The second kappa shape index (κ2) is 5.75. The minimum atomic E-state index is -0.349. The van der Waals surface area contributed by atoms with Crippen molar-refractivity contribution in [2.75, 3.05) is 5.32 Å². The maximum absolute atomic E-state index is 11.9. The van der Waals surface area contributed by atoms with Gasteiger partial charge in [-0.1, -0.05) is 17.7 Å². The summed E-state index contributed by atoms with van der Waals surface area (Å²) >= 11 is 6.04. The van der Waals surface area contributed by atoms with Gasteiger partial charge in [-0.2, -0.15) is 5.10 Å². The molecule has 2 aromatic rings. The Morgan fingerprint density at radius 1 is 1.68 bits per heavy atom. The first-order valence-electron chi connectivity index (χ1n) is 5.80. The van der Waals surface area contributed by atoms with E-state index in [0.29, 0.717) is 12.2 Å². The molecule has 5 nitrogen and oxygen atoms in total. The van der Waals surface area contributed by atoms with Gasteiger partial charge in [0.15, 0.2) is 0 Å². The molecule has 0 spiro atoms. The summed E-state index contributed by atoms with van der Waals surface area (Å²) in [6.45, 7) is 5.79. The van der Waals surface area contributed by atoms with E-state index in [2.05, 4.69) is 17.0 Å². The average molecular weight is 280 g/mol. The Morgan fingerprint density at radius 3 is 3.11 bits per heavy atom. The quantitative estimate of drug-likeness (QED) is 0.855. The highest BCUT2D eigenvalue weighted by Crippen LogP contribution is 2.22. The minimum Gasteiger partial charge on any atom is -0.467 e. The summed E-state index contributed by atoms with van der Waals surface area (Å²) in [5, 5.41) is 7.22. The van der Waals surface area contributed by atoms with Crippen molar-refractivity contribution in [1.29, 1.82) is 0 Å². The maximum atomic E-state index is 11.9. The van der Waals surface area contributed by atoms with Gasteiger partial charge < -0.3 is 9.73 Å². The van der Waals surface area contributed by atoms with Crippen LogP contribution in [-0.4, -0.2) is 9.78 Å². The van der Waals surface area contributed by atoms with E-state index in [1.54, 1.807) is 18.4 Å². The molecule has 0 fully saturated rings. The fraction of sp³-hybridized carbons (Fsp3) is 0.231. The highest BCUT2D eigenvalue weighted by molar-refractivity contribution is 6.32. The van der Waals surface area contributed by atoms with Crippen LogP contribution < -0.4 is 10.9 Å². The van der Waals surface area contributed by atoms with Gasteiger partial charge in [0.2, 0.25) is 0 Å². The van der Waals surface area contributed by atoms with Gasteiger partial charge in [-0.05, 0) is 19.1 Å². The van der Waals surface area contributed by atoms with Crippen molar-refractivity contribution >= 4 is 17.3 Å². The van der Waals surface area contributed by atoms with Gasteiger partial charge in [0.05, 0.1) is 30.7 Å². The van der Waals surface area contributed by atoms with E-state index in [1.807, 2.05) is 13.0 Å². The number of rotatable bonds is 5. The Morgan fingerprint density at radius 2 is 2.47 bits per heavy atom. The van der Waals surface area contributed by atoms with Crippen LogP contribution in [0.5, 0.6) is 0 Å². The monoisotopic (exact) mass is 279 g/mol. The summed E-state index contributed by atoms with van der Waals surface area (Å²) in [5.41, 5.74) is 0.133. The van der Waals surface area contributed by atoms with Crippen molar-refractivity contribution in [2.24, 2.45) is 0 Å². The van der Waals surface area contributed by atoms with Gasteiger partial charge in [0.1, 0.15) is 10.8 Å². The summed E-state index contributed by atoms with van der Waals surface area (Å²) < 4.78 is 6.53. The Balaban J connectivity index is 2.24. The maximum Gasteiger partial charge on any atom is 0.287 e. The first kappa shape index (κ1) is 13.4. The van der Waals surface area contributed by atoms with E-state index >= 15 is 0 Å². The van der Waals surface area contributed by atoms with E-state index in [-0.39, 0.29) is 16.6 Å². The van der Waals surface area contributed by atoms with Crippen LogP contribution in [0.25, 0.3) is 0 Å². The van der Waals surface area contributed by atoms with Crippen molar-refractivity contribution in [2.45, 2.75) is 19.5 Å². The van der Waals surface area contributed by atoms with Crippen molar-refractivity contribution < 1.29 is 4.42 Å². The standard InChI is InChI=1S/C13H14ClN3O2/c1-3-6-17-13(18)12(14)10(8-15-17)16-9(2)11-5-4-7-19-11/h3-5,7-9,16H,1,6H2,2H3. The second-order valence-corrected chi connectivity index (χ2v) is 4.41. The number of furan rings is 1. The molecule has 0 aliphatic heterocycles. The second-order valence-electron chi connectivity index (χ2n) is 4.03. The minimum absolute atomic E-state index is 0.107. The van der Waals surface area contributed by atoms with Gasteiger partial charge in [0.25, 0.3) is 5.56 Å². The number of hydrogen-bond acceptors (Lipinski definition) is 4. The van der Waals surface area contributed by atoms with Crippen molar-refractivity contribution in [3.05, 3.63) is 58.4 Å². The summed E-state index contributed by atoms with van der Waals surface area (Å²) in [6.07, 6.45) is 4.70. The topological polar surface area (TPSA) is 60.1 Å². The molecule has 0 saturated heterocycles. The van der Waals surface area contributed by atoms with E-state index < -0.39 is 0 Å². The molecular formula is C13H14ClN3O2. The van der Waals surface area contributed by atoms with Crippen LogP contribution in [-0.2, 0) is 6.54 Å². The summed E-state index contributed by atoms with van der Waals surface area (Å²) in [5.74, 6) is 0.756. The van der Waals surface area contributed by atoms with E-state index in [9.17, 15) is 4.79 Å². The third kappa shape index (κ3) is 2.88. The number of nitrogens with zero attached hydrogens (tertiary/aromatic N) is 2. The van der Waals surface area contributed by atoms with Crippen LogP contribution in [0.3, 0.4) is 0 Å². The number of nitrogens with one attached hydrogen (secondary N) is 1. The number of aromatic nitrogens is 2. The molecule has 0 bridgehead atoms. The molecule has 0 saturated carbocycles. The molecule has 6 heteroatoms. The average Bonchev–Trinajstić information content (AvgIpc) is 2.92. The van der Waals surface area contributed by atoms with Crippen LogP contribution >= 0.6 is 11.6 Å². The Hall–Kier alpha value is -2.01. The molecule has 0 aliphatic carbocycles. The Labute approximate surface area is 115 Å². The van der Waals surface area contributed by atoms with Gasteiger partial charge in [-0.15, -0.1) is 6.58 Å². The smallest absolute Gasteiger partial charge is 0.287 e. The fourth-order valence-electron chi connectivity index (χ4n) is 1.66. The molecule has 2 heterocycles. The molecule has 1 N–H and O–H groups in total. The van der Waals surface area contributed by atoms with E-state index in [4.69, 9.17) is 16.0 Å². The fourth-order valence-corrected chi connectivity index (χ4v) is 1.86. The highest BCUT2D eigenvalue weighted by Gasteiger charge is 2.13. The van der Waals surface area contributed by atoms with Crippen LogP contribution in [0.2, 0.25) is 5.02 Å². The Kier molecular flexibility index (Phi) is 4.06.